The minimum atomic E-state index is -3.08. The lowest BCUT2D eigenvalue weighted by atomic mass is 10.1. The van der Waals surface area contributed by atoms with Crippen LogP contribution in [0.15, 0.2) is 315 Å². The van der Waals surface area contributed by atoms with Crippen molar-refractivity contribution in [1.82, 2.24) is 0 Å². The maximum Gasteiger partial charge on any atom is 0.171 e. The minimum absolute atomic E-state index is 0.723. The van der Waals surface area contributed by atoms with E-state index in [-0.39, 0.29) is 0 Å². The Labute approximate surface area is 434 Å². The lowest BCUT2D eigenvalue weighted by Gasteiger charge is -2.23. The molecular weight excluding hydrogens is 981 g/mol. The highest BCUT2D eigenvalue weighted by atomic mass is 31.2. The average molecular weight is 1030 g/mol. The molecule has 0 radical (unpaired) electrons. The molecule has 0 N–H and O–H groups in total. The summed E-state index contributed by atoms with van der Waals surface area (Å²) in [7, 11) is -12.2. The van der Waals surface area contributed by atoms with Gasteiger partial charge in [0.25, 0.3) is 0 Å². The highest BCUT2D eigenvalue weighted by Crippen LogP contribution is 2.46. The van der Waals surface area contributed by atoms with Gasteiger partial charge in [-0.05, 0) is 11.1 Å². The van der Waals surface area contributed by atoms with Crippen molar-refractivity contribution in [2.45, 2.75) is 0 Å². The van der Waals surface area contributed by atoms with E-state index in [9.17, 15) is 18.3 Å². The van der Waals surface area contributed by atoms with Crippen LogP contribution in [0.5, 0.6) is 0 Å². The molecule has 0 aliphatic heterocycles. The van der Waals surface area contributed by atoms with Crippen LogP contribution in [0, 0.1) is 0 Å². The van der Waals surface area contributed by atoms with Crippen molar-refractivity contribution in [2.75, 3.05) is 0 Å². The molecule has 0 unspecified atom stereocenters. The number of rotatable bonds is 13. The lowest BCUT2D eigenvalue weighted by molar-refractivity contribution is 0.591. The van der Waals surface area contributed by atoms with Gasteiger partial charge in [-0.3, -0.25) is 0 Å². The quantitative estimate of drug-likeness (QED) is 0.108. The summed E-state index contributed by atoms with van der Waals surface area (Å²) >= 11 is 0. The van der Waals surface area contributed by atoms with E-state index in [0.29, 0.717) is 0 Å². The number of benzene rings is 11. The highest BCUT2D eigenvalue weighted by Gasteiger charge is 2.34. The second kappa shape index (κ2) is 22.2. The van der Waals surface area contributed by atoms with Crippen molar-refractivity contribution < 1.29 is 18.3 Å². The fourth-order valence-corrected chi connectivity index (χ4v) is 20.1. The van der Waals surface area contributed by atoms with E-state index in [4.69, 9.17) is 0 Å². The maximum atomic E-state index is 14.7. The molecule has 0 heterocycles. The Bertz CT molecular complexity index is 3340. The summed E-state index contributed by atoms with van der Waals surface area (Å²) in [4.78, 5) is 0. The molecule has 11 aromatic carbocycles. The first-order valence-electron chi connectivity index (χ1n) is 24.4. The van der Waals surface area contributed by atoms with Crippen LogP contribution in [-0.2, 0) is 18.3 Å². The molecule has 0 bridgehead atoms. The first kappa shape index (κ1) is 49.9. The second-order valence-corrected chi connectivity index (χ2v) is 28.8. The van der Waals surface area contributed by atoms with E-state index in [1.165, 1.54) is 0 Å². The third-order valence-electron chi connectivity index (χ3n) is 13.3. The molecule has 0 fully saturated rings. The van der Waals surface area contributed by atoms with Crippen LogP contribution >= 0.6 is 28.6 Å². The Morgan fingerprint density at radius 2 is 0.243 bits per heavy atom. The van der Waals surface area contributed by atoms with Crippen LogP contribution in [0.4, 0.5) is 0 Å². The van der Waals surface area contributed by atoms with Crippen LogP contribution in [0.25, 0.3) is 11.1 Å². The van der Waals surface area contributed by atoms with E-state index >= 15 is 0 Å². The highest BCUT2D eigenvalue weighted by molar-refractivity contribution is 7.86. The standard InChI is InChI=1S/C36H28O2P2.C30H24O2P2/c37-39(31-13-5-1-6-14-31,32-15-7-2-8-16-32)35-25-21-29(22-26-35)30-23-27-36(28-24-30)40(38,33-17-9-3-10-18-33)34-19-11-4-12-20-34;31-33(25-13-5-1-6-14-25,26-15-7-2-8-16-26)29-21-23-30(24-22-29)34(32,27-17-9-3-10-18-27)28-19-11-4-12-20-28/h1-28H;1-24H. The zero-order valence-electron chi connectivity index (χ0n) is 40.4. The van der Waals surface area contributed by atoms with Gasteiger partial charge >= 0.3 is 0 Å². The van der Waals surface area contributed by atoms with Crippen LogP contribution in [0.3, 0.4) is 0 Å². The fourth-order valence-electron chi connectivity index (χ4n) is 9.49. The normalized spacial score (nSPS) is 11.7. The summed E-state index contributed by atoms with van der Waals surface area (Å²) in [5, 5.41) is 9.42. The van der Waals surface area contributed by atoms with E-state index in [1.807, 2.05) is 315 Å². The van der Waals surface area contributed by atoms with Crippen molar-refractivity contribution in [2.24, 2.45) is 0 Å². The van der Waals surface area contributed by atoms with Crippen molar-refractivity contribution in [1.29, 1.82) is 0 Å². The maximum absolute atomic E-state index is 14.7. The molecule has 0 saturated heterocycles. The molecule has 74 heavy (non-hydrogen) atoms. The molecule has 0 aliphatic rings. The van der Waals surface area contributed by atoms with Crippen molar-refractivity contribution in [3.05, 3.63) is 315 Å². The fraction of sp³-hybridized carbons (Fsp3) is 0. The van der Waals surface area contributed by atoms with E-state index < -0.39 is 28.6 Å². The summed E-state index contributed by atoms with van der Waals surface area (Å²) in [5.74, 6) is 0. The lowest BCUT2D eigenvalue weighted by Crippen LogP contribution is -2.28. The average Bonchev–Trinajstić information content (AvgIpc) is 3.50. The third-order valence-corrected chi connectivity index (χ3v) is 25.6. The monoisotopic (exact) mass is 1030 g/mol. The Morgan fingerprint density at radius 1 is 0.135 bits per heavy atom. The zero-order valence-corrected chi connectivity index (χ0v) is 44.0. The first-order valence-corrected chi connectivity index (χ1v) is 31.2. The first-order chi connectivity index (χ1) is 36.2. The van der Waals surface area contributed by atoms with Gasteiger partial charge in [0.1, 0.15) is 0 Å². The van der Waals surface area contributed by atoms with Gasteiger partial charge in [-0.1, -0.05) is 315 Å². The van der Waals surface area contributed by atoms with Gasteiger partial charge in [-0.2, -0.15) is 0 Å². The largest absolute Gasteiger partial charge is 0.309 e. The van der Waals surface area contributed by atoms with Gasteiger partial charge in [0.15, 0.2) is 28.6 Å². The molecule has 11 aromatic rings. The van der Waals surface area contributed by atoms with Gasteiger partial charge in [0.05, 0.1) is 0 Å². The van der Waals surface area contributed by atoms with Gasteiger partial charge in [0.2, 0.25) is 0 Å². The topological polar surface area (TPSA) is 68.3 Å². The molecule has 360 valence electrons. The van der Waals surface area contributed by atoms with E-state index in [1.54, 1.807) is 0 Å². The van der Waals surface area contributed by atoms with E-state index in [2.05, 4.69) is 0 Å². The van der Waals surface area contributed by atoms with Gasteiger partial charge in [0, 0.05) is 63.7 Å². The molecule has 8 heteroatoms. The van der Waals surface area contributed by atoms with Crippen molar-refractivity contribution >= 4 is 92.2 Å². The zero-order chi connectivity index (χ0) is 50.9. The summed E-state index contributed by atoms with van der Waals surface area (Å²) in [6, 6.07) is 101. The smallest absolute Gasteiger partial charge is 0.171 e. The van der Waals surface area contributed by atoms with Crippen molar-refractivity contribution in [3.63, 3.8) is 0 Å². The molecule has 11 rings (SSSR count). The van der Waals surface area contributed by atoms with Crippen LogP contribution in [0.1, 0.15) is 0 Å². The Balaban J connectivity index is 0.000000172. The van der Waals surface area contributed by atoms with Crippen LogP contribution < -0.4 is 63.7 Å². The molecular formula is C66H52O4P4. The Morgan fingerprint density at radius 3 is 0.378 bits per heavy atom. The summed E-state index contributed by atoms with van der Waals surface area (Å²) in [6.45, 7) is 0. The Hall–Kier alpha value is -7.66. The molecule has 0 saturated carbocycles. The van der Waals surface area contributed by atoms with Crippen molar-refractivity contribution in [3.8, 4) is 11.1 Å². The minimum Gasteiger partial charge on any atom is -0.309 e. The summed E-state index contributed by atoms with van der Waals surface area (Å²) in [5.41, 5.74) is 2.02. The van der Waals surface area contributed by atoms with E-state index in [0.717, 1.165) is 74.8 Å². The molecule has 0 aliphatic carbocycles. The molecule has 0 atom stereocenters. The summed E-state index contributed by atoms with van der Waals surface area (Å²) in [6.07, 6.45) is 0. The second-order valence-electron chi connectivity index (χ2n) is 17.7. The van der Waals surface area contributed by atoms with Crippen LogP contribution in [-0.4, -0.2) is 0 Å². The predicted octanol–water partition coefficient (Wildman–Crippen LogP) is 11.6. The number of hydrogen-bond acceptors (Lipinski definition) is 4. The SMILES string of the molecule is O=P(c1ccccc1)(c1ccccc1)c1ccc(-c2ccc(P(=O)(c3ccccc3)c3ccccc3)cc2)cc1.O=P(c1ccccc1)(c1ccccc1)c1ccc(P(=O)(c2ccccc2)c2ccccc2)cc1. The molecule has 0 spiro atoms. The van der Waals surface area contributed by atoms with Gasteiger partial charge in [-0.25, -0.2) is 0 Å². The molecule has 4 nitrogen and oxygen atoms in total. The van der Waals surface area contributed by atoms with Gasteiger partial charge in [-0.15, -0.1) is 0 Å². The molecule has 0 aromatic heterocycles. The van der Waals surface area contributed by atoms with Gasteiger partial charge < -0.3 is 18.3 Å². The third kappa shape index (κ3) is 9.79. The summed E-state index contributed by atoms with van der Waals surface area (Å²) < 4.78 is 58.6. The molecule has 0 amide bonds. The number of hydrogen-bond donors (Lipinski definition) is 0. The van der Waals surface area contributed by atoms with Crippen LogP contribution in [0.2, 0.25) is 0 Å². The predicted molar refractivity (Wildman–Crippen MR) is 316 cm³/mol. The Kier molecular flexibility index (Phi) is 15.0.